The number of pyridine rings is 2. The summed E-state index contributed by atoms with van der Waals surface area (Å²) in [6.07, 6.45) is 3.02. The van der Waals surface area contributed by atoms with E-state index in [2.05, 4.69) is 26.1 Å². The second-order valence-corrected chi connectivity index (χ2v) is 7.01. The average Bonchev–Trinajstić information content (AvgIpc) is 3.18. The van der Waals surface area contributed by atoms with Crippen LogP contribution in [0.5, 0.6) is 0 Å². The van der Waals surface area contributed by atoms with E-state index in [1.54, 1.807) is 16.9 Å². The zero-order valence-corrected chi connectivity index (χ0v) is 16.4. The molecule has 0 aliphatic heterocycles. The van der Waals surface area contributed by atoms with E-state index in [-0.39, 0.29) is 17.3 Å². The highest BCUT2D eigenvalue weighted by Crippen LogP contribution is 2.33. The number of nitrogens with zero attached hydrogens (tertiary/aromatic N) is 7. The minimum absolute atomic E-state index is 0.141. The van der Waals surface area contributed by atoms with Gasteiger partial charge in [-0.1, -0.05) is 6.07 Å². The fourth-order valence-corrected chi connectivity index (χ4v) is 3.67. The SMILES string of the molecule is C[C@H](c1nc2ccc(F)cc2cc1-c1ccccn1)n1nc(C#N)c2c(N)ncnc21. The molecule has 31 heavy (non-hydrogen) atoms. The van der Waals surface area contributed by atoms with Gasteiger partial charge in [0.25, 0.3) is 0 Å². The van der Waals surface area contributed by atoms with Gasteiger partial charge in [0.1, 0.15) is 24.0 Å². The first-order valence-electron chi connectivity index (χ1n) is 9.47. The predicted molar refractivity (Wildman–Crippen MR) is 113 cm³/mol. The third-order valence-corrected chi connectivity index (χ3v) is 5.13. The van der Waals surface area contributed by atoms with Crippen molar-refractivity contribution in [2.24, 2.45) is 0 Å². The van der Waals surface area contributed by atoms with Gasteiger partial charge in [0.05, 0.1) is 28.3 Å². The number of halogens is 1. The fraction of sp³-hybridized carbons (Fsp3) is 0.0909. The lowest BCUT2D eigenvalue weighted by molar-refractivity contribution is 0.566. The lowest BCUT2D eigenvalue weighted by atomic mass is 10.0. The predicted octanol–water partition coefficient (Wildman–Crippen LogP) is 3.64. The maximum absolute atomic E-state index is 13.8. The first-order valence-corrected chi connectivity index (χ1v) is 9.47. The van der Waals surface area contributed by atoms with Crippen molar-refractivity contribution < 1.29 is 4.39 Å². The first-order chi connectivity index (χ1) is 15.1. The van der Waals surface area contributed by atoms with Gasteiger partial charge in [0.2, 0.25) is 0 Å². The third-order valence-electron chi connectivity index (χ3n) is 5.13. The summed E-state index contributed by atoms with van der Waals surface area (Å²) in [7, 11) is 0. The number of nitrogens with two attached hydrogens (primary N) is 1. The fourth-order valence-electron chi connectivity index (χ4n) is 3.67. The summed E-state index contributed by atoms with van der Waals surface area (Å²) >= 11 is 0. The summed E-state index contributed by atoms with van der Waals surface area (Å²) in [6.45, 7) is 1.90. The number of anilines is 1. The minimum atomic E-state index is -0.426. The van der Waals surface area contributed by atoms with Gasteiger partial charge in [0.15, 0.2) is 11.3 Å². The first kappa shape index (κ1) is 18.6. The molecule has 0 amide bonds. The van der Waals surface area contributed by atoms with E-state index in [0.29, 0.717) is 33.3 Å². The van der Waals surface area contributed by atoms with Crippen LogP contribution in [0, 0.1) is 17.1 Å². The molecule has 0 spiro atoms. The van der Waals surface area contributed by atoms with Crippen LogP contribution in [0.1, 0.15) is 24.4 Å². The van der Waals surface area contributed by atoms with Gasteiger partial charge in [-0.2, -0.15) is 10.4 Å². The Bertz CT molecular complexity index is 1490. The van der Waals surface area contributed by atoms with Crippen LogP contribution < -0.4 is 5.73 Å². The summed E-state index contributed by atoms with van der Waals surface area (Å²) in [5.41, 5.74) is 9.26. The molecule has 150 valence electrons. The summed E-state index contributed by atoms with van der Waals surface area (Å²) < 4.78 is 15.4. The Hall–Kier alpha value is -4.45. The molecule has 5 aromatic rings. The molecule has 0 saturated heterocycles. The molecule has 5 rings (SSSR count). The van der Waals surface area contributed by atoms with Crippen molar-refractivity contribution in [2.75, 3.05) is 5.73 Å². The van der Waals surface area contributed by atoms with Gasteiger partial charge in [-0.3, -0.25) is 4.98 Å². The molecule has 0 saturated carbocycles. The van der Waals surface area contributed by atoms with Crippen molar-refractivity contribution in [3.05, 3.63) is 72.2 Å². The monoisotopic (exact) mass is 410 g/mol. The quantitative estimate of drug-likeness (QED) is 0.482. The molecule has 1 aromatic carbocycles. The molecule has 0 aliphatic rings. The van der Waals surface area contributed by atoms with E-state index >= 15 is 0 Å². The number of hydrogen-bond donors (Lipinski definition) is 1. The molecule has 8 nitrogen and oxygen atoms in total. The van der Waals surface area contributed by atoms with Crippen molar-refractivity contribution >= 4 is 27.8 Å². The van der Waals surface area contributed by atoms with Crippen LogP contribution in [0.2, 0.25) is 0 Å². The van der Waals surface area contributed by atoms with Gasteiger partial charge >= 0.3 is 0 Å². The normalized spacial score (nSPS) is 12.2. The smallest absolute Gasteiger partial charge is 0.175 e. The highest BCUT2D eigenvalue weighted by atomic mass is 19.1. The van der Waals surface area contributed by atoms with Gasteiger partial charge in [-0.25, -0.2) is 24.0 Å². The van der Waals surface area contributed by atoms with Crippen molar-refractivity contribution in [3.8, 4) is 17.3 Å². The second kappa shape index (κ2) is 7.11. The number of nitriles is 1. The number of fused-ring (bicyclic) bond motifs is 2. The molecule has 0 radical (unpaired) electrons. The Morgan fingerprint density at radius 1 is 1.13 bits per heavy atom. The lowest BCUT2D eigenvalue weighted by Gasteiger charge is -2.17. The topological polar surface area (TPSA) is 119 Å². The number of benzene rings is 1. The van der Waals surface area contributed by atoms with Crippen LogP contribution >= 0.6 is 0 Å². The molecule has 0 aliphatic carbocycles. The van der Waals surface area contributed by atoms with E-state index in [1.807, 2.05) is 31.2 Å². The van der Waals surface area contributed by atoms with Crippen LogP contribution in [0.15, 0.2) is 55.0 Å². The summed E-state index contributed by atoms with van der Waals surface area (Å²) in [4.78, 5) is 17.5. The van der Waals surface area contributed by atoms with E-state index in [1.165, 1.54) is 18.5 Å². The van der Waals surface area contributed by atoms with Crippen LogP contribution in [0.4, 0.5) is 10.2 Å². The molecule has 1 atom stereocenters. The Morgan fingerprint density at radius 3 is 2.77 bits per heavy atom. The van der Waals surface area contributed by atoms with E-state index in [9.17, 15) is 9.65 Å². The molecule has 0 unspecified atom stereocenters. The van der Waals surface area contributed by atoms with Crippen molar-refractivity contribution in [3.63, 3.8) is 0 Å². The maximum atomic E-state index is 13.8. The zero-order chi connectivity index (χ0) is 21.5. The Balaban J connectivity index is 1.79. The molecule has 0 fully saturated rings. The minimum Gasteiger partial charge on any atom is -0.383 e. The summed E-state index contributed by atoms with van der Waals surface area (Å²) in [5.74, 6) is -0.155. The third kappa shape index (κ3) is 3.02. The average molecular weight is 410 g/mol. The van der Waals surface area contributed by atoms with Crippen molar-refractivity contribution in [1.82, 2.24) is 29.7 Å². The van der Waals surface area contributed by atoms with Gasteiger partial charge in [-0.05, 0) is 43.3 Å². The standard InChI is InChI=1S/C22H15FN8/c1-12(31-22-19(18(10-24)30-31)21(25)27-11-28-22)20-15(17-4-2-3-7-26-17)9-13-8-14(23)5-6-16(13)29-20/h2-9,11-12H,1H3,(H2,25,27,28)/t12-/m1/s1. The molecule has 2 N–H and O–H groups in total. The molecule has 9 heteroatoms. The highest BCUT2D eigenvalue weighted by molar-refractivity contribution is 5.90. The second-order valence-electron chi connectivity index (χ2n) is 7.01. The maximum Gasteiger partial charge on any atom is 0.175 e. The molecular weight excluding hydrogens is 395 g/mol. The van der Waals surface area contributed by atoms with E-state index in [4.69, 9.17) is 10.7 Å². The lowest BCUT2D eigenvalue weighted by Crippen LogP contribution is -2.13. The van der Waals surface area contributed by atoms with E-state index in [0.717, 1.165) is 5.56 Å². The van der Waals surface area contributed by atoms with E-state index < -0.39 is 6.04 Å². The molecular formula is C22H15FN8. The Kier molecular flexibility index (Phi) is 4.26. The van der Waals surface area contributed by atoms with Gasteiger partial charge < -0.3 is 5.73 Å². The molecule has 4 heterocycles. The van der Waals surface area contributed by atoms with Crippen molar-refractivity contribution in [2.45, 2.75) is 13.0 Å². The van der Waals surface area contributed by atoms with Crippen LogP contribution in [0.3, 0.4) is 0 Å². The highest BCUT2D eigenvalue weighted by Gasteiger charge is 2.24. The molecule has 4 aromatic heterocycles. The summed E-state index contributed by atoms with van der Waals surface area (Å²) in [6, 6.07) is 13.5. The number of rotatable bonds is 3. The Morgan fingerprint density at radius 2 is 2.00 bits per heavy atom. The van der Waals surface area contributed by atoms with Crippen LogP contribution in [0.25, 0.3) is 33.2 Å². The van der Waals surface area contributed by atoms with Crippen LogP contribution in [-0.4, -0.2) is 29.7 Å². The number of nitrogen functional groups attached to an aromatic ring is 1. The number of hydrogen-bond acceptors (Lipinski definition) is 7. The zero-order valence-electron chi connectivity index (χ0n) is 16.4. The Labute approximate surface area is 175 Å². The van der Waals surface area contributed by atoms with Crippen LogP contribution in [-0.2, 0) is 0 Å². The summed E-state index contributed by atoms with van der Waals surface area (Å²) in [5, 5.41) is 15.0. The van der Waals surface area contributed by atoms with Gasteiger partial charge in [-0.15, -0.1) is 0 Å². The van der Waals surface area contributed by atoms with Gasteiger partial charge in [0, 0.05) is 17.1 Å². The van der Waals surface area contributed by atoms with Crippen molar-refractivity contribution in [1.29, 1.82) is 5.26 Å². The molecule has 0 bridgehead atoms. The number of aromatic nitrogens is 6. The largest absolute Gasteiger partial charge is 0.383 e.